The number of nitrogens with two attached hydrogens (primary N) is 1. The number of fused-ring (bicyclic) bond motifs is 1. The Morgan fingerprint density at radius 1 is 0.947 bits per heavy atom. The van der Waals surface area contributed by atoms with E-state index in [0.717, 1.165) is 26.1 Å². The van der Waals surface area contributed by atoms with Crippen LogP contribution in [-0.4, -0.2) is 17.5 Å². The molecule has 2 heteroatoms. The van der Waals surface area contributed by atoms with Gasteiger partial charge in [-0.25, -0.2) is 0 Å². The van der Waals surface area contributed by atoms with Crippen molar-refractivity contribution in [1.29, 1.82) is 0 Å². The van der Waals surface area contributed by atoms with E-state index in [1.165, 1.54) is 16.7 Å². The highest BCUT2D eigenvalue weighted by Crippen LogP contribution is 2.24. The van der Waals surface area contributed by atoms with Gasteiger partial charge in [-0.2, -0.15) is 0 Å². The molecule has 0 fully saturated rings. The molecule has 19 heavy (non-hydrogen) atoms. The summed E-state index contributed by atoms with van der Waals surface area (Å²) < 4.78 is 0. The first-order valence-electron chi connectivity index (χ1n) is 6.91. The van der Waals surface area contributed by atoms with E-state index in [1.807, 2.05) is 0 Å². The molecule has 0 radical (unpaired) electrons. The van der Waals surface area contributed by atoms with Crippen LogP contribution in [0.1, 0.15) is 16.7 Å². The molecule has 0 bridgehead atoms. The van der Waals surface area contributed by atoms with E-state index in [2.05, 4.69) is 59.5 Å². The van der Waals surface area contributed by atoms with Gasteiger partial charge >= 0.3 is 0 Å². The third-order valence-corrected chi connectivity index (χ3v) is 3.96. The van der Waals surface area contributed by atoms with Gasteiger partial charge in [-0.15, -0.1) is 0 Å². The Labute approximate surface area is 114 Å². The predicted octanol–water partition coefficient (Wildman–Crippen LogP) is 2.57. The molecule has 0 spiro atoms. The SMILES string of the molecule is NCC1Cc2ccccc2CN1Cc1ccccc1. The highest BCUT2D eigenvalue weighted by molar-refractivity contribution is 5.30. The van der Waals surface area contributed by atoms with E-state index >= 15 is 0 Å². The summed E-state index contributed by atoms with van der Waals surface area (Å²) in [6, 6.07) is 19.8. The molecule has 1 aliphatic heterocycles. The molecule has 98 valence electrons. The van der Waals surface area contributed by atoms with Crippen LogP contribution >= 0.6 is 0 Å². The highest BCUT2D eigenvalue weighted by atomic mass is 15.2. The Balaban J connectivity index is 1.81. The van der Waals surface area contributed by atoms with Crippen molar-refractivity contribution in [3.8, 4) is 0 Å². The van der Waals surface area contributed by atoms with Crippen molar-refractivity contribution < 1.29 is 0 Å². The standard InChI is InChI=1S/C17H20N2/c18-11-17-10-15-8-4-5-9-16(15)13-19(17)12-14-6-2-1-3-7-14/h1-9,17H,10-13,18H2. The van der Waals surface area contributed by atoms with Crippen molar-refractivity contribution in [3.05, 3.63) is 71.3 Å². The summed E-state index contributed by atoms with van der Waals surface area (Å²) >= 11 is 0. The number of benzene rings is 2. The molecule has 3 rings (SSSR count). The lowest BCUT2D eigenvalue weighted by Gasteiger charge is -2.36. The zero-order valence-corrected chi connectivity index (χ0v) is 11.1. The molecule has 1 unspecified atom stereocenters. The lowest BCUT2D eigenvalue weighted by atomic mass is 9.93. The van der Waals surface area contributed by atoms with E-state index < -0.39 is 0 Å². The van der Waals surface area contributed by atoms with Crippen molar-refractivity contribution in [3.63, 3.8) is 0 Å². The lowest BCUT2D eigenvalue weighted by Crippen LogP contribution is -2.44. The molecule has 1 heterocycles. The quantitative estimate of drug-likeness (QED) is 0.909. The molecule has 2 nitrogen and oxygen atoms in total. The van der Waals surface area contributed by atoms with Crippen LogP contribution in [0.15, 0.2) is 54.6 Å². The summed E-state index contributed by atoms with van der Waals surface area (Å²) in [5, 5.41) is 0. The van der Waals surface area contributed by atoms with Gasteiger partial charge in [0.25, 0.3) is 0 Å². The Kier molecular flexibility index (Phi) is 3.62. The Morgan fingerprint density at radius 3 is 2.37 bits per heavy atom. The minimum absolute atomic E-state index is 0.454. The van der Waals surface area contributed by atoms with E-state index in [-0.39, 0.29) is 0 Å². The van der Waals surface area contributed by atoms with Crippen LogP contribution < -0.4 is 5.73 Å². The maximum absolute atomic E-state index is 5.96. The van der Waals surface area contributed by atoms with Crippen molar-refractivity contribution in [2.45, 2.75) is 25.6 Å². The molecule has 1 aliphatic rings. The zero-order chi connectivity index (χ0) is 13.1. The average Bonchev–Trinajstić information content (AvgIpc) is 2.47. The van der Waals surface area contributed by atoms with E-state index in [9.17, 15) is 0 Å². The smallest absolute Gasteiger partial charge is 0.0265 e. The first-order valence-corrected chi connectivity index (χ1v) is 6.91. The van der Waals surface area contributed by atoms with Crippen molar-refractivity contribution >= 4 is 0 Å². The summed E-state index contributed by atoms with van der Waals surface area (Å²) in [6.07, 6.45) is 1.07. The summed E-state index contributed by atoms with van der Waals surface area (Å²) in [4.78, 5) is 2.50. The maximum Gasteiger partial charge on any atom is 0.0265 e. The van der Waals surface area contributed by atoms with Gasteiger partial charge in [-0.3, -0.25) is 4.90 Å². The first kappa shape index (κ1) is 12.4. The second-order valence-corrected chi connectivity index (χ2v) is 5.25. The van der Waals surface area contributed by atoms with Gasteiger partial charge in [0.05, 0.1) is 0 Å². The third kappa shape index (κ3) is 2.70. The summed E-state index contributed by atoms with van der Waals surface area (Å²) in [5.74, 6) is 0. The van der Waals surface area contributed by atoms with Crippen molar-refractivity contribution in [1.82, 2.24) is 4.90 Å². The normalized spacial score (nSPS) is 19.1. The summed E-state index contributed by atoms with van der Waals surface area (Å²) in [5.41, 5.74) is 10.2. The fraction of sp³-hybridized carbons (Fsp3) is 0.294. The molecule has 0 aromatic heterocycles. The minimum Gasteiger partial charge on any atom is -0.329 e. The number of nitrogens with zero attached hydrogens (tertiary/aromatic N) is 1. The van der Waals surface area contributed by atoms with Gasteiger partial charge in [-0.05, 0) is 23.1 Å². The van der Waals surface area contributed by atoms with Crippen LogP contribution in [0.4, 0.5) is 0 Å². The Bertz CT molecular complexity index is 536. The average molecular weight is 252 g/mol. The molecule has 0 saturated heterocycles. The van der Waals surface area contributed by atoms with Crippen LogP contribution in [0.3, 0.4) is 0 Å². The number of hydrogen-bond acceptors (Lipinski definition) is 2. The van der Waals surface area contributed by atoms with Crippen LogP contribution in [0.5, 0.6) is 0 Å². The van der Waals surface area contributed by atoms with Gasteiger partial charge in [0.15, 0.2) is 0 Å². The zero-order valence-electron chi connectivity index (χ0n) is 11.1. The van der Waals surface area contributed by atoms with Crippen molar-refractivity contribution in [2.75, 3.05) is 6.54 Å². The Hall–Kier alpha value is -1.64. The predicted molar refractivity (Wildman–Crippen MR) is 78.7 cm³/mol. The topological polar surface area (TPSA) is 29.3 Å². The molecule has 2 aromatic carbocycles. The second kappa shape index (κ2) is 5.55. The van der Waals surface area contributed by atoms with Crippen LogP contribution in [-0.2, 0) is 19.5 Å². The molecular weight excluding hydrogens is 232 g/mol. The Morgan fingerprint density at radius 2 is 1.63 bits per heavy atom. The largest absolute Gasteiger partial charge is 0.329 e. The molecule has 0 aliphatic carbocycles. The maximum atomic E-state index is 5.96. The van der Waals surface area contributed by atoms with E-state index in [1.54, 1.807) is 0 Å². The fourth-order valence-electron chi connectivity index (χ4n) is 2.88. The summed E-state index contributed by atoms with van der Waals surface area (Å²) in [6.45, 7) is 2.71. The van der Waals surface area contributed by atoms with Gasteiger partial charge in [0.2, 0.25) is 0 Å². The first-order chi connectivity index (χ1) is 9.36. The van der Waals surface area contributed by atoms with Gasteiger partial charge in [0.1, 0.15) is 0 Å². The molecule has 0 amide bonds. The molecule has 2 aromatic rings. The third-order valence-electron chi connectivity index (χ3n) is 3.96. The molecule has 2 N–H and O–H groups in total. The van der Waals surface area contributed by atoms with Crippen LogP contribution in [0, 0.1) is 0 Å². The van der Waals surface area contributed by atoms with Gasteiger partial charge in [-0.1, -0.05) is 54.6 Å². The van der Waals surface area contributed by atoms with Crippen molar-refractivity contribution in [2.24, 2.45) is 5.73 Å². The van der Waals surface area contributed by atoms with Crippen LogP contribution in [0.25, 0.3) is 0 Å². The number of rotatable bonds is 3. The molecule has 1 atom stereocenters. The van der Waals surface area contributed by atoms with Gasteiger partial charge in [0, 0.05) is 25.7 Å². The fourth-order valence-corrected chi connectivity index (χ4v) is 2.88. The lowest BCUT2D eigenvalue weighted by molar-refractivity contribution is 0.167. The number of hydrogen-bond donors (Lipinski definition) is 1. The molecular formula is C17H20N2. The monoisotopic (exact) mass is 252 g/mol. The van der Waals surface area contributed by atoms with Crippen LogP contribution in [0.2, 0.25) is 0 Å². The summed E-state index contributed by atoms with van der Waals surface area (Å²) in [7, 11) is 0. The van der Waals surface area contributed by atoms with E-state index in [0.29, 0.717) is 6.04 Å². The molecule has 0 saturated carbocycles. The second-order valence-electron chi connectivity index (χ2n) is 5.25. The van der Waals surface area contributed by atoms with E-state index in [4.69, 9.17) is 5.73 Å². The minimum atomic E-state index is 0.454. The van der Waals surface area contributed by atoms with Gasteiger partial charge < -0.3 is 5.73 Å². The highest BCUT2D eigenvalue weighted by Gasteiger charge is 2.24.